The highest BCUT2D eigenvalue weighted by Gasteiger charge is 2.16. The van der Waals surface area contributed by atoms with Gasteiger partial charge in [-0.3, -0.25) is 0 Å². The Bertz CT molecular complexity index is 470. The van der Waals surface area contributed by atoms with Crippen LogP contribution in [0.2, 0.25) is 0 Å². The summed E-state index contributed by atoms with van der Waals surface area (Å²) >= 11 is 0. The number of sulfonamides is 1. The van der Waals surface area contributed by atoms with Gasteiger partial charge in [0, 0.05) is 13.7 Å². The first-order valence-electron chi connectivity index (χ1n) is 5.20. The van der Waals surface area contributed by atoms with Crippen molar-refractivity contribution >= 4 is 10.0 Å². The molecular formula is C11H17NO4S. The lowest BCUT2D eigenvalue weighted by atomic mass is 10.2. The van der Waals surface area contributed by atoms with E-state index in [-0.39, 0.29) is 18.0 Å². The minimum Gasteiger partial charge on any atom is -0.392 e. The van der Waals surface area contributed by atoms with Crippen LogP contribution in [-0.2, 0) is 21.4 Å². The molecular weight excluding hydrogens is 242 g/mol. The standard InChI is InChI=1S/C11H17NO4S/c1-9-3-4-10(8-13)7-11(9)17(14,15)12-5-6-16-2/h3-4,7,12-13H,5-6,8H2,1-2H3. The number of hydrogen-bond donors (Lipinski definition) is 2. The smallest absolute Gasteiger partial charge is 0.240 e. The molecule has 0 saturated heterocycles. The number of benzene rings is 1. The molecule has 0 aliphatic heterocycles. The van der Waals surface area contributed by atoms with E-state index in [1.165, 1.54) is 13.2 Å². The Hall–Kier alpha value is -0.950. The van der Waals surface area contributed by atoms with Gasteiger partial charge in [-0.25, -0.2) is 13.1 Å². The van der Waals surface area contributed by atoms with E-state index in [1.807, 2.05) is 0 Å². The zero-order valence-corrected chi connectivity index (χ0v) is 10.8. The molecule has 5 nitrogen and oxygen atoms in total. The van der Waals surface area contributed by atoms with Crippen LogP contribution in [0.4, 0.5) is 0 Å². The zero-order valence-electron chi connectivity index (χ0n) is 9.93. The van der Waals surface area contributed by atoms with Gasteiger partial charge in [0.2, 0.25) is 10.0 Å². The summed E-state index contributed by atoms with van der Waals surface area (Å²) < 4.78 is 31.1. The van der Waals surface area contributed by atoms with Crippen molar-refractivity contribution in [1.82, 2.24) is 4.72 Å². The normalized spacial score (nSPS) is 11.7. The molecule has 0 saturated carbocycles. The van der Waals surface area contributed by atoms with Crippen molar-refractivity contribution < 1.29 is 18.3 Å². The van der Waals surface area contributed by atoms with Gasteiger partial charge in [0.1, 0.15) is 0 Å². The van der Waals surface area contributed by atoms with E-state index < -0.39 is 10.0 Å². The Balaban J connectivity index is 2.97. The summed E-state index contributed by atoms with van der Waals surface area (Å²) in [5, 5.41) is 9.00. The average Bonchev–Trinajstić information content (AvgIpc) is 2.29. The highest BCUT2D eigenvalue weighted by Crippen LogP contribution is 2.16. The molecule has 0 unspecified atom stereocenters. The average molecular weight is 259 g/mol. The second-order valence-corrected chi connectivity index (χ2v) is 5.38. The predicted molar refractivity (Wildman–Crippen MR) is 64.2 cm³/mol. The fourth-order valence-electron chi connectivity index (χ4n) is 1.39. The van der Waals surface area contributed by atoms with E-state index >= 15 is 0 Å². The number of ether oxygens (including phenoxy) is 1. The predicted octanol–water partition coefficient (Wildman–Crippen LogP) is 0.412. The van der Waals surface area contributed by atoms with Crippen molar-refractivity contribution in [3.63, 3.8) is 0 Å². The molecule has 1 aromatic carbocycles. The molecule has 96 valence electrons. The highest BCUT2D eigenvalue weighted by atomic mass is 32.2. The Morgan fingerprint density at radius 1 is 1.41 bits per heavy atom. The van der Waals surface area contributed by atoms with Crippen LogP contribution in [0, 0.1) is 6.92 Å². The molecule has 0 fully saturated rings. The molecule has 1 rings (SSSR count). The summed E-state index contributed by atoms with van der Waals surface area (Å²) in [5.74, 6) is 0. The third kappa shape index (κ3) is 3.78. The van der Waals surface area contributed by atoms with Gasteiger partial charge in [-0.05, 0) is 24.1 Å². The van der Waals surface area contributed by atoms with Crippen molar-refractivity contribution in [1.29, 1.82) is 0 Å². The maximum absolute atomic E-state index is 11.9. The summed E-state index contributed by atoms with van der Waals surface area (Å²) in [7, 11) is -2.03. The van der Waals surface area contributed by atoms with Crippen LogP contribution < -0.4 is 4.72 Å². The van der Waals surface area contributed by atoms with Crippen LogP contribution >= 0.6 is 0 Å². The number of methoxy groups -OCH3 is 1. The first kappa shape index (κ1) is 14.1. The molecule has 0 spiro atoms. The van der Waals surface area contributed by atoms with Crippen LogP contribution in [0.25, 0.3) is 0 Å². The Kier molecular flexibility index (Phi) is 5.07. The van der Waals surface area contributed by atoms with Crippen molar-refractivity contribution in [2.24, 2.45) is 0 Å². The van der Waals surface area contributed by atoms with Crippen LogP contribution in [0.1, 0.15) is 11.1 Å². The Morgan fingerprint density at radius 3 is 2.71 bits per heavy atom. The van der Waals surface area contributed by atoms with Crippen LogP contribution in [0.5, 0.6) is 0 Å². The van der Waals surface area contributed by atoms with Crippen LogP contribution in [0.15, 0.2) is 23.1 Å². The SMILES string of the molecule is COCCNS(=O)(=O)c1cc(CO)ccc1C. The molecule has 0 bridgehead atoms. The van der Waals surface area contributed by atoms with Crippen molar-refractivity contribution in [2.75, 3.05) is 20.3 Å². The van der Waals surface area contributed by atoms with Gasteiger partial charge in [-0.2, -0.15) is 0 Å². The number of aryl methyl sites for hydroxylation is 1. The summed E-state index contributed by atoms with van der Waals surface area (Å²) in [4.78, 5) is 0.195. The quantitative estimate of drug-likeness (QED) is 0.726. The number of nitrogens with one attached hydrogen (secondary N) is 1. The van der Waals surface area contributed by atoms with Gasteiger partial charge >= 0.3 is 0 Å². The van der Waals surface area contributed by atoms with Crippen LogP contribution in [-0.4, -0.2) is 33.8 Å². The summed E-state index contributed by atoms with van der Waals surface area (Å²) in [5.41, 5.74) is 1.22. The molecule has 0 heterocycles. The van der Waals surface area contributed by atoms with Gasteiger partial charge in [0.15, 0.2) is 0 Å². The molecule has 0 atom stereocenters. The molecule has 0 aliphatic rings. The number of aliphatic hydroxyl groups is 1. The van der Waals surface area contributed by atoms with Gasteiger partial charge in [-0.15, -0.1) is 0 Å². The van der Waals surface area contributed by atoms with Crippen molar-refractivity contribution in [3.05, 3.63) is 29.3 Å². The molecule has 0 radical (unpaired) electrons. The van der Waals surface area contributed by atoms with E-state index in [9.17, 15) is 8.42 Å². The third-order valence-electron chi connectivity index (χ3n) is 2.32. The Morgan fingerprint density at radius 2 is 2.12 bits per heavy atom. The fraction of sp³-hybridized carbons (Fsp3) is 0.455. The van der Waals surface area contributed by atoms with Gasteiger partial charge in [0.25, 0.3) is 0 Å². The lowest BCUT2D eigenvalue weighted by molar-refractivity contribution is 0.204. The molecule has 0 amide bonds. The van der Waals surface area contributed by atoms with Gasteiger partial charge < -0.3 is 9.84 Å². The van der Waals surface area contributed by atoms with Crippen LogP contribution in [0.3, 0.4) is 0 Å². The van der Waals surface area contributed by atoms with Gasteiger partial charge in [-0.1, -0.05) is 12.1 Å². The monoisotopic (exact) mass is 259 g/mol. The summed E-state index contributed by atoms with van der Waals surface area (Å²) in [6, 6.07) is 4.85. The largest absolute Gasteiger partial charge is 0.392 e. The van der Waals surface area contributed by atoms with E-state index in [4.69, 9.17) is 9.84 Å². The first-order chi connectivity index (χ1) is 8.01. The topological polar surface area (TPSA) is 75.6 Å². The molecule has 0 aliphatic carbocycles. The van der Waals surface area contributed by atoms with Crippen molar-refractivity contribution in [2.45, 2.75) is 18.4 Å². The number of hydrogen-bond acceptors (Lipinski definition) is 4. The minimum atomic E-state index is -3.54. The summed E-state index contributed by atoms with van der Waals surface area (Å²) in [6.45, 7) is 2.08. The van der Waals surface area contributed by atoms with E-state index in [1.54, 1.807) is 19.1 Å². The zero-order chi connectivity index (χ0) is 12.9. The highest BCUT2D eigenvalue weighted by molar-refractivity contribution is 7.89. The number of rotatable bonds is 6. The molecule has 17 heavy (non-hydrogen) atoms. The third-order valence-corrected chi connectivity index (χ3v) is 3.93. The fourth-order valence-corrected chi connectivity index (χ4v) is 2.69. The molecule has 6 heteroatoms. The maximum atomic E-state index is 11.9. The molecule has 1 aromatic rings. The van der Waals surface area contributed by atoms with Crippen molar-refractivity contribution in [3.8, 4) is 0 Å². The molecule has 0 aromatic heterocycles. The van der Waals surface area contributed by atoms with Gasteiger partial charge in [0.05, 0.1) is 18.1 Å². The summed E-state index contributed by atoms with van der Waals surface area (Å²) in [6.07, 6.45) is 0. The first-order valence-corrected chi connectivity index (χ1v) is 6.68. The van der Waals surface area contributed by atoms with E-state index in [0.29, 0.717) is 17.7 Å². The maximum Gasteiger partial charge on any atom is 0.240 e. The van der Waals surface area contributed by atoms with E-state index in [2.05, 4.69) is 4.72 Å². The second-order valence-electron chi connectivity index (χ2n) is 3.65. The minimum absolute atomic E-state index is 0.180. The Labute approximate surface area is 101 Å². The molecule has 2 N–H and O–H groups in total. The number of aliphatic hydroxyl groups excluding tert-OH is 1. The lowest BCUT2D eigenvalue weighted by Crippen LogP contribution is -2.27. The van der Waals surface area contributed by atoms with E-state index in [0.717, 1.165) is 0 Å². The second kappa shape index (κ2) is 6.11. The lowest BCUT2D eigenvalue weighted by Gasteiger charge is -2.10.